The van der Waals surface area contributed by atoms with Gasteiger partial charge in [-0.05, 0) is 44.4 Å². The fraction of sp³-hybridized carbons (Fsp3) is 0.381. The lowest BCUT2D eigenvalue weighted by Gasteiger charge is -2.31. The maximum atomic E-state index is 12.2. The third kappa shape index (κ3) is 4.86. The predicted octanol–water partition coefficient (Wildman–Crippen LogP) is 4.07. The molecule has 28 heavy (non-hydrogen) atoms. The van der Waals surface area contributed by atoms with Crippen LogP contribution in [0, 0.1) is 10.1 Å². The van der Waals surface area contributed by atoms with Crippen LogP contribution < -0.4 is 10.6 Å². The summed E-state index contributed by atoms with van der Waals surface area (Å²) in [7, 11) is 0. The van der Waals surface area contributed by atoms with Gasteiger partial charge in [0.05, 0.1) is 11.0 Å². The first kappa shape index (κ1) is 19.8. The van der Waals surface area contributed by atoms with Crippen molar-refractivity contribution >= 4 is 17.3 Å². The zero-order chi connectivity index (χ0) is 20.1. The summed E-state index contributed by atoms with van der Waals surface area (Å²) >= 11 is 0. The van der Waals surface area contributed by atoms with E-state index in [9.17, 15) is 14.9 Å². The Morgan fingerprint density at radius 1 is 1.21 bits per heavy atom. The molecule has 2 atom stereocenters. The minimum Gasteiger partial charge on any atom is -0.377 e. The van der Waals surface area contributed by atoms with Gasteiger partial charge in [-0.25, -0.2) is 0 Å². The molecule has 0 bridgehead atoms. The van der Waals surface area contributed by atoms with Crippen LogP contribution in [0.1, 0.15) is 48.7 Å². The molecule has 2 aromatic carbocycles. The first-order chi connectivity index (χ1) is 13.4. The second-order valence-corrected chi connectivity index (χ2v) is 7.25. The molecule has 2 aromatic rings. The summed E-state index contributed by atoms with van der Waals surface area (Å²) in [4.78, 5) is 23.3. The van der Waals surface area contributed by atoms with Crippen LogP contribution in [0.2, 0.25) is 0 Å². The number of nitro benzene ring substituents is 1. The maximum absolute atomic E-state index is 12.2. The molecule has 0 aromatic heterocycles. The maximum Gasteiger partial charge on any atom is 0.293 e. The van der Waals surface area contributed by atoms with Gasteiger partial charge in [-0.3, -0.25) is 14.9 Å². The smallest absolute Gasteiger partial charge is 0.293 e. The summed E-state index contributed by atoms with van der Waals surface area (Å²) in [5.74, 6) is -0.320. The molecule has 2 N–H and O–H groups in total. The van der Waals surface area contributed by atoms with E-state index >= 15 is 0 Å². The van der Waals surface area contributed by atoms with Crippen molar-refractivity contribution in [3.05, 3.63) is 69.8 Å². The van der Waals surface area contributed by atoms with Gasteiger partial charge >= 0.3 is 0 Å². The third-order valence-corrected chi connectivity index (χ3v) is 4.69. The van der Waals surface area contributed by atoms with Crippen molar-refractivity contribution in [1.82, 2.24) is 5.32 Å². The van der Waals surface area contributed by atoms with E-state index in [-0.39, 0.29) is 35.3 Å². The summed E-state index contributed by atoms with van der Waals surface area (Å²) in [5, 5.41) is 17.6. The van der Waals surface area contributed by atoms with Gasteiger partial charge in [-0.1, -0.05) is 30.3 Å². The van der Waals surface area contributed by atoms with Crippen LogP contribution in [0.15, 0.2) is 48.5 Å². The quantitative estimate of drug-likeness (QED) is 0.579. The van der Waals surface area contributed by atoms with Crippen molar-refractivity contribution in [2.24, 2.45) is 0 Å². The van der Waals surface area contributed by atoms with Crippen LogP contribution in [0.3, 0.4) is 0 Å². The number of nitro groups is 1. The third-order valence-electron chi connectivity index (χ3n) is 4.69. The number of anilines is 1. The number of carbonyl (C=O) groups excluding carboxylic acids is 1. The van der Waals surface area contributed by atoms with E-state index in [0.717, 1.165) is 18.4 Å². The molecule has 148 valence electrons. The van der Waals surface area contributed by atoms with Crippen molar-refractivity contribution in [2.45, 2.75) is 44.9 Å². The Balaban J connectivity index is 1.75. The van der Waals surface area contributed by atoms with E-state index in [0.29, 0.717) is 12.3 Å². The number of amides is 1. The van der Waals surface area contributed by atoms with Gasteiger partial charge in [-0.15, -0.1) is 0 Å². The number of benzene rings is 2. The van der Waals surface area contributed by atoms with Crippen molar-refractivity contribution in [1.29, 1.82) is 0 Å². The summed E-state index contributed by atoms with van der Waals surface area (Å²) in [5.41, 5.74) is 1.70. The topological polar surface area (TPSA) is 93.5 Å². The highest BCUT2D eigenvalue weighted by atomic mass is 16.6. The molecule has 7 nitrogen and oxygen atoms in total. The van der Waals surface area contributed by atoms with Crippen LogP contribution in [0.4, 0.5) is 11.4 Å². The Hall–Kier alpha value is -2.93. The molecule has 7 heteroatoms. The fourth-order valence-electron chi connectivity index (χ4n) is 3.34. The zero-order valence-corrected chi connectivity index (χ0v) is 16.1. The minimum atomic E-state index is -0.456. The van der Waals surface area contributed by atoms with Gasteiger partial charge in [0.2, 0.25) is 0 Å². The lowest BCUT2D eigenvalue weighted by Crippen LogP contribution is -2.31. The van der Waals surface area contributed by atoms with Gasteiger partial charge in [0.15, 0.2) is 0 Å². The Bertz CT molecular complexity index is 839. The van der Waals surface area contributed by atoms with E-state index < -0.39 is 4.92 Å². The largest absolute Gasteiger partial charge is 0.377 e. The molecule has 0 aliphatic carbocycles. The first-order valence-corrected chi connectivity index (χ1v) is 9.46. The van der Waals surface area contributed by atoms with Crippen molar-refractivity contribution in [2.75, 3.05) is 11.9 Å². The molecule has 1 heterocycles. The van der Waals surface area contributed by atoms with E-state index in [4.69, 9.17) is 4.74 Å². The average molecular weight is 383 g/mol. The lowest BCUT2D eigenvalue weighted by molar-refractivity contribution is -0.384. The van der Waals surface area contributed by atoms with E-state index in [1.54, 1.807) is 12.1 Å². The Morgan fingerprint density at radius 3 is 2.64 bits per heavy atom. The van der Waals surface area contributed by atoms with Crippen LogP contribution in [-0.2, 0) is 4.74 Å². The summed E-state index contributed by atoms with van der Waals surface area (Å²) in [6.07, 6.45) is 1.44. The summed E-state index contributed by atoms with van der Waals surface area (Å²) in [6, 6.07) is 14.5. The van der Waals surface area contributed by atoms with Crippen molar-refractivity contribution in [3.63, 3.8) is 0 Å². The fourth-order valence-corrected chi connectivity index (χ4v) is 3.34. The molecular formula is C21H25N3O4. The van der Waals surface area contributed by atoms with Gasteiger partial charge in [0.25, 0.3) is 11.6 Å². The number of hydrogen-bond acceptors (Lipinski definition) is 5. The predicted molar refractivity (Wildman–Crippen MR) is 107 cm³/mol. The number of carbonyl (C=O) groups is 1. The van der Waals surface area contributed by atoms with Gasteiger partial charge in [0.1, 0.15) is 5.69 Å². The van der Waals surface area contributed by atoms with Crippen molar-refractivity contribution < 1.29 is 14.5 Å². The van der Waals surface area contributed by atoms with Gasteiger partial charge < -0.3 is 15.4 Å². The van der Waals surface area contributed by atoms with E-state index in [1.165, 1.54) is 6.07 Å². The average Bonchev–Trinajstić information content (AvgIpc) is 2.68. The standard InChI is InChI=1S/C21H25N3O4/c1-14(2)22-21(25)16-8-9-18(19(12-16)24(26)27)23-17-10-11-28-20(13-17)15-6-4-3-5-7-15/h3-9,12,14,17,20,23H,10-11,13H2,1-2H3,(H,22,25). The highest BCUT2D eigenvalue weighted by Crippen LogP contribution is 2.32. The molecule has 1 aliphatic heterocycles. The van der Waals surface area contributed by atoms with Crippen LogP contribution in [-0.4, -0.2) is 29.5 Å². The lowest BCUT2D eigenvalue weighted by atomic mass is 9.97. The highest BCUT2D eigenvalue weighted by molar-refractivity contribution is 5.95. The van der Waals surface area contributed by atoms with Crippen LogP contribution >= 0.6 is 0 Å². The SMILES string of the molecule is CC(C)NC(=O)c1ccc(NC2CCOC(c3ccccc3)C2)c([N+](=O)[O-])c1. The summed E-state index contributed by atoms with van der Waals surface area (Å²) in [6.45, 7) is 4.27. The molecule has 0 saturated carbocycles. The number of ether oxygens (including phenoxy) is 1. The normalized spacial score (nSPS) is 19.2. The molecule has 1 aliphatic rings. The Kier molecular flexibility index (Phi) is 6.26. The molecule has 1 saturated heterocycles. The number of nitrogens with zero attached hydrogens (tertiary/aromatic N) is 1. The Labute approximate surface area is 164 Å². The summed E-state index contributed by atoms with van der Waals surface area (Å²) < 4.78 is 5.87. The number of nitrogens with one attached hydrogen (secondary N) is 2. The van der Waals surface area contributed by atoms with E-state index in [2.05, 4.69) is 10.6 Å². The Morgan fingerprint density at radius 2 is 1.96 bits per heavy atom. The van der Waals surface area contributed by atoms with Crippen LogP contribution in [0.25, 0.3) is 0 Å². The number of hydrogen-bond donors (Lipinski definition) is 2. The minimum absolute atomic E-state index is 0.0393. The van der Waals surface area contributed by atoms with Crippen molar-refractivity contribution in [3.8, 4) is 0 Å². The monoisotopic (exact) mass is 383 g/mol. The second-order valence-electron chi connectivity index (χ2n) is 7.25. The molecule has 2 unspecified atom stereocenters. The second kappa shape index (κ2) is 8.84. The van der Waals surface area contributed by atoms with Gasteiger partial charge in [0, 0.05) is 30.3 Å². The molecule has 1 fully saturated rings. The molecule has 0 spiro atoms. The van der Waals surface area contributed by atoms with E-state index in [1.807, 2.05) is 44.2 Å². The highest BCUT2D eigenvalue weighted by Gasteiger charge is 2.26. The zero-order valence-electron chi connectivity index (χ0n) is 16.1. The van der Waals surface area contributed by atoms with Gasteiger partial charge in [-0.2, -0.15) is 0 Å². The first-order valence-electron chi connectivity index (χ1n) is 9.46. The molecule has 1 amide bonds. The molecule has 3 rings (SSSR count). The van der Waals surface area contributed by atoms with Crippen LogP contribution in [0.5, 0.6) is 0 Å². The molecule has 0 radical (unpaired) electrons. The molecular weight excluding hydrogens is 358 g/mol. The number of rotatable bonds is 6.